The highest BCUT2D eigenvalue weighted by atomic mass is 31.2. The molecule has 0 rings (SSSR count). The molecule has 83 heavy (non-hydrogen) atoms. The number of esters is 1. The molecule has 0 aromatic carbocycles. The molecular weight excluding hydrogens is 1050 g/mol. The normalized spacial score (nSPS) is 14.3. The van der Waals surface area contributed by atoms with E-state index < -0.39 is 26.6 Å². The van der Waals surface area contributed by atoms with Crippen molar-refractivity contribution in [1.29, 1.82) is 0 Å². The first-order valence-electron chi connectivity index (χ1n) is 34.2. The van der Waals surface area contributed by atoms with E-state index in [-0.39, 0.29) is 31.3 Å². The van der Waals surface area contributed by atoms with Crippen molar-refractivity contribution in [1.82, 2.24) is 5.32 Å². The Morgan fingerprint density at radius 2 is 0.735 bits per heavy atom. The predicted octanol–water partition coefficient (Wildman–Crippen LogP) is 21.0. The Bertz CT molecular complexity index is 1790. The van der Waals surface area contributed by atoms with Gasteiger partial charge in [0, 0.05) is 12.8 Å². The molecule has 0 spiro atoms. The van der Waals surface area contributed by atoms with Gasteiger partial charge in [0.1, 0.15) is 19.3 Å². The highest BCUT2D eigenvalue weighted by Gasteiger charge is 2.27. The average molecular weight is 1180 g/mol. The third kappa shape index (κ3) is 63.0. The largest absolute Gasteiger partial charge is 0.756 e. The standard InChI is InChI=1S/C73H129N2O7P/c1-7-10-13-16-19-22-25-28-30-32-34-36-37-39-41-43-45-48-51-54-57-60-63-66-73(77)82-71(64-61-58-55-52-49-46-27-24-21-18-15-12-9-3)70(69-81-83(78,79)80-68-67-75(4,5)6)74-72(76)65-62-59-56-53-50-47-44-42-40-38-35-33-31-29-26-23-20-17-14-11-8-2/h19-20,22-23,28-31,34-36,38-39,41-42,44,61,64,70-71H,7-18,21,24-27,32-33,37,40,43,45-60,62-63,65-69H2,1-6H3,(H-,74,76,78,79)/b22-19-,23-20-,30-28-,31-29-,36-34-,38-35-,41-39-,44-42-,64-61+. The van der Waals surface area contributed by atoms with Crippen LogP contribution in [0.25, 0.3) is 0 Å². The second kappa shape index (κ2) is 61.7. The van der Waals surface area contributed by atoms with Gasteiger partial charge in [-0.1, -0.05) is 265 Å². The van der Waals surface area contributed by atoms with Crippen LogP contribution in [0.2, 0.25) is 0 Å². The molecule has 0 aliphatic rings. The van der Waals surface area contributed by atoms with Crippen molar-refractivity contribution < 1.29 is 37.3 Å². The van der Waals surface area contributed by atoms with Crippen LogP contribution in [-0.4, -0.2) is 69.4 Å². The number of unbranched alkanes of at least 4 members (excludes halogenated alkanes) is 29. The van der Waals surface area contributed by atoms with E-state index in [0.717, 1.165) is 116 Å². The van der Waals surface area contributed by atoms with Crippen molar-refractivity contribution >= 4 is 19.7 Å². The molecule has 0 radical (unpaired) electrons. The zero-order valence-electron chi connectivity index (χ0n) is 54.6. The fraction of sp³-hybridized carbons (Fsp3) is 0.726. The van der Waals surface area contributed by atoms with Crippen LogP contribution >= 0.6 is 7.82 Å². The number of phosphoric ester groups is 1. The molecule has 3 unspecified atom stereocenters. The van der Waals surface area contributed by atoms with E-state index >= 15 is 0 Å². The zero-order chi connectivity index (χ0) is 60.7. The monoisotopic (exact) mass is 1180 g/mol. The number of nitrogens with zero attached hydrogens (tertiary/aromatic N) is 1. The zero-order valence-corrected chi connectivity index (χ0v) is 55.5. The van der Waals surface area contributed by atoms with Gasteiger partial charge in [0.25, 0.3) is 7.82 Å². The molecule has 1 N–H and O–H groups in total. The van der Waals surface area contributed by atoms with Crippen LogP contribution in [0.1, 0.15) is 290 Å². The molecule has 9 nitrogen and oxygen atoms in total. The molecular formula is C73H129N2O7P. The fourth-order valence-electron chi connectivity index (χ4n) is 9.37. The summed E-state index contributed by atoms with van der Waals surface area (Å²) in [5.74, 6) is -0.575. The van der Waals surface area contributed by atoms with E-state index in [2.05, 4.69) is 123 Å². The van der Waals surface area contributed by atoms with E-state index in [9.17, 15) is 19.0 Å². The number of nitrogens with one attached hydrogen (secondary N) is 1. The minimum atomic E-state index is -4.72. The number of rotatable bonds is 61. The molecule has 0 aliphatic carbocycles. The Kier molecular flexibility index (Phi) is 59.3. The maximum Gasteiger partial charge on any atom is 0.306 e. The Morgan fingerprint density at radius 1 is 0.422 bits per heavy atom. The third-order valence-corrected chi connectivity index (χ3v) is 15.6. The van der Waals surface area contributed by atoms with Gasteiger partial charge in [-0.2, -0.15) is 0 Å². The average Bonchev–Trinajstić information content (AvgIpc) is 3.47. The summed E-state index contributed by atoms with van der Waals surface area (Å²) in [6, 6.07) is -0.911. The minimum Gasteiger partial charge on any atom is -0.756 e. The topological polar surface area (TPSA) is 114 Å². The first-order chi connectivity index (χ1) is 40.4. The van der Waals surface area contributed by atoms with Crippen LogP contribution in [0.4, 0.5) is 0 Å². The number of likely N-dealkylation sites (N-methyl/N-ethyl adjacent to an activating group) is 1. The molecule has 3 atom stereocenters. The van der Waals surface area contributed by atoms with Crippen molar-refractivity contribution in [2.75, 3.05) is 40.9 Å². The Labute approximate surface area is 512 Å². The highest BCUT2D eigenvalue weighted by molar-refractivity contribution is 7.45. The Balaban J connectivity index is 5.26. The van der Waals surface area contributed by atoms with Crippen LogP contribution in [0, 0.1) is 0 Å². The van der Waals surface area contributed by atoms with Crippen molar-refractivity contribution in [3.05, 3.63) is 109 Å². The van der Waals surface area contributed by atoms with Gasteiger partial charge >= 0.3 is 5.97 Å². The number of phosphoric acid groups is 1. The summed E-state index contributed by atoms with van der Waals surface area (Å²) >= 11 is 0. The molecule has 10 heteroatoms. The smallest absolute Gasteiger partial charge is 0.306 e. The fourth-order valence-corrected chi connectivity index (χ4v) is 10.1. The van der Waals surface area contributed by atoms with Gasteiger partial charge in [-0.15, -0.1) is 0 Å². The number of ether oxygens (including phenoxy) is 1. The van der Waals surface area contributed by atoms with Gasteiger partial charge < -0.3 is 28.5 Å². The van der Waals surface area contributed by atoms with Crippen molar-refractivity contribution in [2.45, 2.75) is 303 Å². The van der Waals surface area contributed by atoms with Crippen LogP contribution < -0.4 is 10.2 Å². The molecule has 478 valence electrons. The number of amides is 1. The summed E-state index contributed by atoms with van der Waals surface area (Å²) < 4.78 is 30.4. The molecule has 0 bridgehead atoms. The highest BCUT2D eigenvalue weighted by Crippen LogP contribution is 2.38. The molecule has 0 aliphatic heterocycles. The van der Waals surface area contributed by atoms with Crippen LogP contribution in [-0.2, 0) is 27.9 Å². The number of hydrogen-bond acceptors (Lipinski definition) is 7. The SMILES string of the molecule is CCCCC/C=C\C/C=C\C/C=C\C/C=C\CCCCCCCCCC(=O)OC(/C=C/CCCCCCCCCCCCC)C(COP(=O)([O-])OCC[N+](C)(C)C)NC(=O)CCCCCCC/C=C\C/C=C\C/C=C\C/C=C\CCCCC. The third-order valence-electron chi connectivity index (χ3n) is 14.7. The molecule has 1 amide bonds. The van der Waals surface area contributed by atoms with Gasteiger partial charge in [0.05, 0.1) is 33.8 Å². The molecule has 0 aromatic rings. The van der Waals surface area contributed by atoms with Gasteiger partial charge in [-0.05, 0) is 122 Å². The summed E-state index contributed by atoms with van der Waals surface area (Å²) in [7, 11) is 1.15. The summed E-state index contributed by atoms with van der Waals surface area (Å²) in [6.45, 7) is 6.77. The minimum absolute atomic E-state index is 0.0335. The lowest BCUT2D eigenvalue weighted by Crippen LogP contribution is -2.47. The lowest BCUT2D eigenvalue weighted by molar-refractivity contribution is -0.870. The summed E-state index contributed by atoms with van der Waals surface area (Å²) in [5, 5.41) is 3.03. The quantitative estimate of drug-likeness (QED) is 0.0212. The summed E-state index contributed by atoms with van der Waals surface area (Å²) in [6.07, 6.45) is 84.8. The number of allylic oxidation sites excluding steroid dienone is 17. The molecule has 0 fully saturated rings. The Morgan fingerprint density at radius 3 is 1.12 bits per heavy atom. The number of carbonyl (C=O) groups is 2. The van der Waals surface area contributed by atoms with E-state index in [0.29, 0.717) is 23.9 Å². The lowest BCUT2D eigenvalue weighted by atomic mass is 10.0. The first kappa shape index (κ1) is 79.7. The number of quaternary nitrogens is 1. The van der Waals surface area contributed by atoms with Crippen LogP contribution in [0.3, 0.4) is 0 Å². The van der Waals surface area contributed by atoms with Crippen molar-refractivity contribution in [3.8, 4) is 0 Å². The van der Waals surface area contributed by atoms with E-state index in [1.54, 1.807) is 0 Å². The first-order valence-corrected chi connectivity index (χ1v) is 35.7. The molecule has 0 saturated heterocycles. The van der Waals surface area contributed by atoms with Crippen LogP contribution in [0.15, 0.2) is 109 Å². The van der Waals surface area contributed by atoms with Crippen molar-refractivity contribution in [2.24, 2.45) is 0 Å². The maximum atomic E-state index is 13.6. The molecule has 0 aromatic heterocycles. The second-order valence-electron chi connectivity index (χ2n) is 24.0. The molecule has 0 heterocycles. The van der Waals surface area contributed by atoms with Gasteiger partial charge in [-0.25, -0.2) is 0 Å². The number of carbonyl (C=O) groups excluding carboxylic acids is 2. The van der Waals surface area contributed by atoms with Gasteiger partial charge in [-0.3, -0.25) is 14.2 Å². The Hall–Kier alpha value is -3.33. The second-order valence-corrected chi connectivity index (χ2v) is 25.4. The summed E-state index contributed by atoms with van der Waals surface area (Å²) in [5.41, 5.74) is 0. The maximum absolute atomic E-state index is 13.6. The summed E-state index contributed by atoms with van der Waals surface area (Å²) in [4.78, 5) is 40.2. The van der Waals surface area contributed by atoms with E-state index in [4.69, 9.17) is 13.8 Å². The van der Waals surface area contributed by atoms with Gasteiger partial charge in [0.15, 0.2) is 0 Å². The predicted molar refractivity (Wildman–Crippen MR) is 357 cm³/mol. The van der Waals surface area contributed by atoms with Crippen molar-refractivity contribution in [3.63, 3.8) is 0 Å². The van der Waals surface area contributed by atoms with E-state index in [1.807, 2.05) is 33.3 Å². The van der Waals surface area contributed by atoms with Gasteiger partial charge in [0.2, 0.25) is 5.91 Å². The van der Waals surface area contributed by atoms with E-state index in [1.165, 1.54) is 128 Å². The number of hydrogen-bond donors (Lipinski definition) is 1. The van der Waals surface area contributed by atoms with Crippen LogP contribution in [0.5, 0.6) is 0 Å². The lowest BCUT2D eigenvalue weighted by Gasteiger charge is -2.30. The molecule has 0 saturated carbocycles.